The Kier molecular flexibility index (Phi) is 7.22. The molecule has 3 aromatic heterocycles. The van der Waals surface area contributed by atoms with Gasteiger partial charge in [0.1, 0.15) is 6.04 Å². The van der Waals surface area contributed by atoms with Gasteiger partial charge < -0.3 is 9.80 Å². The van der Waals surface area contributed by atoms with Gasteiger partial charge in [0.25, 0.3) is 11.8 Å². The summed E-state index contributed by atoms with van der Waals surface area (Å²) in [4.78, 5) is 36.1. The van der Waals surface area contributed by atoms with E-state index in [0.717, 1.165) is 44.7 Å². The largest absolute Gasteiger partial charge is 0.337 e. The maximum atomic E-state index is 14.0. The Morgan fingerprint density at radius 2 is 1.84 bits per heavy atom. The van der Waals surface area contributed by atoms with Gasteiger partial charge in [0, 0.05) is 40.9 Å². The lowest BCUT2D eigenvalue weighted by Gasteiger charge is -2.46. The van der Waals surface area contributed by atoms with E-state index in [1.54, 1.807) is 4.68 Å². The zero-order chi connectivity index (χ0) is 30.8. The first kappa shape index (κ1) is 29.5. The summed E-state index contributed by atoms with van der Waals surface area (Å²) in [6, 6.07) is 9.34. The van der Waals surface area contributed by atoms with Crippen molar-refractivity contribution in [2.24, 2.45) is 0 Å². The number of likely N-dealkylation sites (tertiary alicyclic amines) is 1. The molecule has 1 aromatic carbocycles. The van der Waals surface area contributed by atoms with Gasteiger partial charge in [-0.05, 0) is 76.8 Å². The molecule has 0 radical (unpaired) electrons. The number of anilines is 1. The van der Waals surface area contributed by atoms with E-state index in [1.807, 2.05) is 57.9 Å². The minimum atomic E-state index is -0.401. The molecule has 10 nitrogen and oxygen atoms in total. The number of piperidine rings is 1. The number of hydrogen-bond acceptors (Lipinski definition) is 6. The molecule has 0 spiro atoms. The van der Waals surface area contributed by atoms with Gasteiger partial charge in [-0.3, -0.25) is 9.59 Å². The molecule has 0 saturated carbocycles. The number of hydrogen-bond donors (Lipinski definition) is 0. The van der Waals surface area contributed by atoms with Crippen molar-refractivity contribution in [3.8, 4) is 0 Å². The average molecular weight is 648 g/mol. The summed E-state index contributed by atoms with van der Waals surface area (Å²) in [5.74, 6) is 0.163. The van der Waals surface area contributed by atoms with E-state index in [4.69, 9.17) is 10.1 Å². The Morgan fingerprint density at radius 1 is 1.14 bits per heavy atom. The fourth-order valence-corrected chi connectivity index (χ4v) is 6.46. The molecule has 11 heteroatoms. The lowest BCUT2D eigenvalue weighted by molar-refractivity contribution is -0.123. The predicted octanol–water partition coefficient (Wildman–Crippen LogP) is 5.75. The molecule has 0 N–H and O–H groups in total. The third-order valence-electron chi connectivity index (χ3n) is 8.65. The van der Waals surface area contributed by atoms with Crippen LogP contribution in [0.4, 0.5) is 5.69 Å². The molecule has 226 valence electrons. The number of benzene rings is 1. The van der Waals surface area contributed by atoms with E-state index in [9.17, 15) is 9.59 Å². The Hall–Kier alpha value is -3.60. The molecule has 2 aliphatic rings. The molecule has 0 bridgehead atoms. The van der Waals surface area contributed by atoms with Crippen LogP contribution < -0.4 is 4.90 Å². The van der Waals surface area contributed by atoms with Crippen LogP contribution in [0.5, 0.6) is 0 Å². The quantitative estimate of drug-likeness (QED) is 0.273. The molecular weight excluding hydrogens is 608 g/mol. The number of amides is 2. The number of halogens is 1. The van der Waals surface area contributed by atoms with Crippen molar-refractivity contribution in [2.75, 3.05) is 24.5 Å². The van der Waals surface area contributed by atoms with Crippen LogP contribution in [0, 0.1) is 6.92 Å². The normalized spacial score (nSPS) is 18.9. The van der Waals surface area contributed by atoms with Crippen molar-refractivity contribution in [2.45, 2.75) is 84.2 Å². The average Bonchev–Trinajstić information content (AvgIpc) is 3.56. The molecule has 2 fully saturated rings. The van der Waals surface area contributed by atoms with Crippen molar-refractivity contribution < 1.29 is 9.59 Å². The molecule has 1 unspecified atom stereocenters. The summed E-state index contributed by atoms with van der Waals surface area (Å²) in [7, 11) is 0. The minimum absolute atomic E-state index is 0.0226. The first-order valence-corrected chi connectivity index (χ1v) is 15.8. The van der Waals surface area contributed by atoms with Gasteiger partial charge in [0.15, 0.2) is 5.65 Å². The van der Waals surface area contributed by atoms with E-state index < -0.39 is 6.04 Å². The number of rotatable bonds is 5. The Bertz CT molecular complexity index is 1710. The van der Waals surface area contributed by atoms with Gasteiger partial charge in [-0.15, -0.1) is 5.10 Å². The van der Waals surface area contributed by atoms with Crippen LogP contribution in [0.1, 0.15) is 93.8 Å². The first-order chi connectivity index (χ1) is 20.3. The number of nitrogens with zero attached hydrogens (tertiary/aromatic N) is 8. The lowest BCUT2D eigenvalue weighted by atomic mass is 9.78. The van der Waals surface area contributed by atoms with E-state index in [-0.39, 0.29) is 28.7 Å². The Morgan fingerprint density at radius 3 is 2.49 bits per heavy atom. The summed E-state index contributed by atoms with van der Waals surface area (Å²) in [5.41, 5.74) is 4.13. The number of carbonyl (C=O) groups excluding carboxylic acids is 2. The van der Waals surface area contributed by atoms with Crippen LogP contribution in [0.2, 0.25) is 0 Å². The molecule has 5 heterocycles. The standard InChI is InChI=1S/C32H39BrN8O2/c1-19(2)24-15-23(27-20(3)36-41(28(27)34-24)31(4,5)6)29(42)38-17-32(7,18-38)26-16-40(37-35-26)25-9-8-14-39(30(25)43)22-12-10-21(33)11-13-22/h10-13,15-16,19,25H,8-9,14,17-18H2,1-7H3. The van der Waals surface area contributed by atoms with E-state index in [2.05, 4.69) is 67.8 Å². The zero-order valence-electron chi connectivity index (χ0n) is 25.9. The molecule has 4 aromatic rings. The summed E-state index contributed by atoms with van der Waals surface area (Å²) in [6.07, 6.45) is 3.49. The highest BCUT2D eigenvalue weighted by Crippen LogP contribution is 2.37. The molecule has 1 atom stereocenters. The van der Waals surface area contributed by atoms with Crippen LogP contribution in [0.15, 0.2) is 41.0 Å². The maximum Gasteiger partial charge on any atom is 0.254 e. The smallest absolute Gasteiger partial charge is 0.254 e. The Labute approximate surface area is 260 Å². The molecule has 6 rings (SSSR count). The van der Waals surface area contributed by atoms with Crippen molar-refractivity contribution >= 4 is 44.5 Å². The topological polar surface area (TPSA) is 102 Å². The number of aryl methyl sites for hydroxylation is 1. The lowest BCUT2D eigenvalue weighted by Crippen LogP contribution is -2.59. The van der Waals surface area contributed by atoms with E-state index >= 15 is 0 Å². The fraction of sp³-hybridized carbons (Fsp3) is 0.500. The van der Waals surface area contributed by atoms with Gasteiger partial charge in [0.05, 0.1) is 34.1 Å². The number of pyridine rings is 1. The Balaban J connectivity index is 1.23. The predicted molar refractivity (Wildman–Crippen MR) is 169 cm³/mol. The van der Waals surface area contributed by atoms with Gasteiger partial charge in [0.2, 0.25) is 0 Å². The third kappa shape index (κ3) is 5.15. The highest BCUT2D eigenvalue weighted by atomic mass is 79.9. The number of fused-ring (bicyclic) bond motifs is 1. The van der Waals surface area contributed by atoms with Gasteiger partial charge in [-0.1, -0.05) is 41.9 Å². The second kappa shape index (κ2) is 10.5. The van der Waals surface area contributed by atoms with E-state index in [1.165, 1.54) is 0 Å². The monoisotopic (exact) mass is 646 g/mol. The molecule has 43 heavy (non-hydrogen) atoms. The second-order valence-corrected chi connectivity index (χ2v) is 14.5. The van der Waals surface area contributed by atoms with Gasteiger partial charge in [-0.25, -0.2) is 14.3 Å². The van der Waals surface area contributed by atoms with Crippen LogP contribution in [0.25, 0.3) is 11.0 Å². The molecule has 2 aliphatic heterocycles. The summed E-state index contributed by atoms with van der Waals surface area (Å²) < 4.78 is 4.62. The van der Waals surface area contributed by atoms with Crippen molar-refractivity contribution in [3.63, 3.8) is 0 Å². The fourth-order valence-electron chi connectivity index (χ4n) is 6.20. The third-order valence-corrected chi connectivity index (χ3v) is 9.18. The summed E-state index contributed by atoms with van der Waals surface area (Å²) in [6.45, 7) is 16.2. The van der Waals surface area contributed by atoms with E-state index in [0.29, 0.717) is 31.6 Å². The van der Waals surface area contributed by atoms with Gasteiger partial charge in [-0.2, -0.15) is 5.10 Å². The van der Waals surface area contributed by atoms with Crippen LogP contribution in [-0.2, 0) is 15.7 Å². The molecular formula is C32H39BrN8O2. The number of carbonyl (C=O) groups is 2. The summed E-state index contributed by atoms with van der Waals surface area (Å²) >= 11 is 3.47. The van der Waals surface area contributed by atoms with Crippen LogP contribution >= 0.6 is 15.9 Å². The van der Waals surface area contributed by atoms with Crippen LogP contribution in [0.3, 0.4) is 0 Å². The second-order valence-electron chi connectivity index (χ2n) is 13.5. The van der Waals surface area contributed by atoms with Crippen molar-refractivity contribution in [1.82, 2.24) is 34.7 Å². The highest BCUT2D eigenvalue weighted by Gasteiger charge is 2.46. The molecule has 2 saturated heterocycles. The van der Waals surface area contributed by atoms with Crippen molar-refractivity contribution in [1.29, 1.82) is 0 Å². The molecule has 2 amide bonds. The maximum absolute atomic E-state index is 14.0. The minimum Gasteiger partial charge on any atom is -0.337 e. The SMILES string of the molecule is Cc1nn(C(C)(C)C)c2nc(C(C)C)cc(C(=O)N3CC(C)(c4cn(C5CCCN(c6ccc(Br)cc6)C5=O)nn4)C3)c12. The van der Waals surface area contributed by atoms with Crippen molar-refractivity contribution in [3.05, 3.63) is 63.6 Å². The number of aromatic nitrogens is 6. The highest BCUT2D eigenvalue weighted by molar-refractivity contribution is 9.10. The summed E-state index contributed by atoms with van der Waals surface area (Å²) in [5, 5.41) is 14.5. The van der Waals surface area contributed by atoms with Crippen LogP contribution in [-0.4, -0.2) is 66.1 Å². The zero-order valence-corrected chi connectivity index (χ0v) is 27.5. The first-order valence-electron chi connectivity index (χ1n) is 15.0. The van der Waals surface area contributed by atoms with Gasteiger partial charge >= 0.3 is 0 Å². The molecule has 0 aliphatic carbocycles.